The maximum absolute atomic E-state index is 11.6. The zero-order chi connectivity index (χ0) is 10.9. The molecule has 1 saturated carbocycles. The van der Waals surface area contributed by atoms with Crippen LogP contribution in [0.5, 0.6) is 0 Å². The van der Waals surface area contributed by atoms with Gasteiger partial charge in [-0.05, 0) is 26.7 Å². The Morgan fingerprint density at radius 3 is 2.00 bits per heavy atom. The molecule has 2 heteroatoms. The highest BCUT2D eigenvalue weighted by molar-refractivity contribution is 5.80. The Labute approximate surface area is 92.8 Å². The summed E-state index contributed by atoms with van der Waals surface area (Å²) in [6.45, 7) is 4.42. The van der Waals surface area contributed by atoms with Gasteiger partial charge in [0.1, 0.15) is 0 Å². The highest BCUT2D eigenvalue weighted by atomic mass is 16.2. The minimum absolute atomic E-state index is 0.0153. The van der Waals surface area contributed by atoms with Crippen LogP contribution in [-0.4, -0.2) is 11.4 Å². The Bertz CT molecular complexity index is 249. The number of amides is 1. The SMILES string of the molecule is CC1(C)NC(=O)CC12CCCCCCC2. The van der Waals surface area contributed by atoms with Crippen LogP contribution in [0.15, 0.2) is 0 Å². The number of hydrogen-bond donors (Lipinski definition) is 1. The molecule has 1 spiro atoms. The van der Waals surface area contributed by atoms with E-state index in [2.05, 4.69) is 19.2 Å². The summed E-state index contributed by atoms with van der Waals surface area (Å²) in [6, 6.07) is 0. The Hall–Kier alpha value is -0.530. The molecule has 1 amide bonds. The molecule has 2 rings (SSSR count). The second kappa shape index (κ2) is 3.80. The van der Waals surface area contributed by atoms with Crippen LogP contribution in [0.3, 0.4) is 0 Å². The van der Waals surface area contributed by atoms with Gasteiger partial charge in [-0.1, -0.05) is 32.1 Å². The van der Waals surface area contributed by atoms with Crippen molar-refractivity contribution in [2.24, 2.45) is 5.41 Å². The summed E-state index contributed by atoms with van der Waals surface area (Å²) in [5.41, 5.74) is 0.270. The van der Waals surface area contributed by atoms with Crippen molar-refractivity contribution in [3.8, 4) is 0 Å². The second-order valence-electron chi connectivity index (χ2n) is 5.90. The lowest BCUT2D eigenvalue weighted by atomic mass is 9.65. The molecular weight excluding hydrogens is 186 g/mol. The highest BCUT2D eigenvalue weighted by Crippen LogP contribution is 2.49. The quantitative estimate of drug-likeness (QED) is 0.653. The highest BCUT2D eigenvalue weighted by Gasteiger charge is 2.51. The summed E-state index contributed by atoms with van der Waals surface area (Å²) in [5, 5.41) is 3.16. The zero-order valence-electron chi connectivity index (χ0n) is 10.1. The van der Waals surface area contributed by atoms with Gasteiger partial charge in [0.2, 0.25) is 5.91 Å². The largest absolute Gasteiger partial charge is 0.351 e. The van der Waals surface area contributed by atoms with E-state index in [1.807, 2.05) is 0 Å². The number of carbonyl (C=O) groups is 1. The van der Waals surface area contributed by atoms with Crippen LogP contribution in [0.4, 0.5) is 0 Å². The van der Waals surface area contributed by atoms with Gasteiger partial charge in [0.25, 0.3) is 0 Å². The molecule has 0 unspecified atom stereocenters. The Kier molecular flexibility index (Phi) is 2.78. The smallest absolute Gasteiger partial charge is 0.221 e. The average Bonchev–Trinajstić information content (AvgIpc) is 2.29. The van der Waals surface area contributed by atoms with Crippen molar-refractivity contribution in [1.29, 1.82) is 0 Å². The fraction of sp³-hybridized carbons (Fsp3) is 0.923. The summed E-state index contributed by atoms with van der Waals surface area (Å²) < 4.78 is 0. The Balaban J connectivity index is 2.17. The first-order valence-corrected chi connectivity index (χ1v) is 6.37. The standard InChI is InChI=1S/C13H23NO/c1-12(2)13(10-11(15)14-12)8-6-4-3-5-7-9-13/h3-10H2,1-2H3,(H,14,15). The molecule has 0 aromatic heterocycles. The molecule has 2 aliphatic rings. The van der Waals surface area contributed by atoms with Gasteiger partial charge in [0.05, 0.1) is 0 Å². The van der Waals surface area contributed by atoms with Gasteiger partial charge in [0.15, 0.2) is 0 Å². The second-order valence-corrected chi connectivity index (χ2v) is 5.90. The van der Waals surface area contributed by atoms with E-state index in [1.54, 1.807) is 0 Å². The third-order valence-electron chi connectivity index (χ3n) is 4.59. The first kappa shape index (κ1) is 11.0. The van der Waals surface area contributed by atoms with Gasteiger partial charge < -0.3 is 5.32 Å². The first-order chi connectivity index (χ1) is 7.06. The molecule has 1 N–H and O–H groups in total. The maximum Gasteiger partial charge on any atom is 0.221 e. The minimum Gasteiger partial charge on any atom is -0.351 e. The number of hydrogen-bond acceptors (Lipinski definition) is 1. The van der Waals surface area contributed by atoms with Crippen molar-refractivity contribution in [1.82, 2.24) is 5.32 Å². The van der Waals surface area contributed by atoms with Gasteiger partial charge >= 0.3 is 0 Å². The van der Waals surface area contributed by atoms with Crippen LogP contribution in [0, 0.1) is 5.41 Å². The molecule has 1 heterocycles. The predicted molar refractivity (Wildman–Crippen MR) is 61.6 cm³/mol. The molecule has 0 aromatic carbocycles. The van der Waals surface area contributed by atoms with Crippen molar-refractivity contribution >= 4 is 5.91 Å². The van der Waals surface area contributed by atoms with Crippen molar-refractivity contribution in [2.75, 3.05) is 0 Å². The van der Waals surface area contributed by atoms with Crippen molar-refractivity contribution < 1.29 is 4.79 Å². The summed E-state index contributed by atoms with van der Waals surface area (Å²) in [5.74, 6) is 0.264. The molecule has 0 bridgehead atoms. The van der Waals surface area contributed by atoms with E-state index in [-0.39, 0.29) is 16.9 Å². The van der Waals surface area contributed by atoms with Gasteiger partial charge in [-0.3, -0.25) is 4.79 Å². The topological polar surface area (TPSA) is 29.1 Å². The molecule has 2 fully saturated rings. The molecule has 0 radical (unpaired) electrons. The molecule has 0 aromatic rings. The molecule has 2 nitrogen and oxygen atoms in total. The lowest BCUT2D eigenvalue weighted by Gasteiger charge is -2.41. The monoisotopic (exact) mass is 209 g/mol. The van der Waals surface area contributed by atoms with Gasteiger partial charge in [0, 0.05) is 17.4 Å². The maximum atomic E-state index is 11.6. The van der Waals surface area contributed by atoms with E-state index in [4.69, 9.17) is 0 Å². The minimum atomic E-state index is 0.0153. The van der Waals surface area contributed by atoms with Crippen LogP contribution >= 0.6 is 0 Å². The van der Waals surface area contributed by atoms with E-state index in [0.29, 0.717) is 0 Å². The van der Waals surface area contributed by atoms with Crippen LogP contribution in [-0.2, 0) is 4.79 Å². The summed E-state index contributed by atoms with van der Waals surface area (Å²) in [6.07, 6.45) is 9.93. The summed E-state index contributed by atoms with van der Waals surface area (Å²) in [7, 11) is 0. The van der Waals surface area contributed by atoms with E-state index >= 15 is 0 Å². The fourth-order valence-electron chi connectivity index (χ4n) is 3.44. The van der Waals surface area contributed by atoms with Gasteiger partial charge in [-0.15, -0.1) is 0 Å². The molecular formula is C13H23NO. The lowest BCUT2D eigenvalue weighted by molar-refractivity contribution is -0.120. The van der Waals surface area contributed by atoms with Gasteiger partial charge in [-0.25, -0.2) is 0 Å². The number of carbonyl (C=O) groups excluding carboxylic acids is 1. The molecule has 86 valence electrons. The summed E-state index contributed by atoms with van der Waals surface area (Å²) in [4.78, 5) is 11.6. The number of rotatable bonds is 0. The normalized spacial score (nSPS) is 29.6. The third kappa shape index (κ3) is 1.91. The van der Waals surface area contributed by atoms with Crippen LogP contribution in [0.2, 0.25) is 0 Å². The van der Waals surface area contributed by atoms with E-state index < -0.39 is 0 Å². The van der Waals surface area contributed by atoms with E-state index in [9.17, 15) is 4.79 Å². The Morgan fingerprint density at radius 1 is 1.00 bits per heavy atom. The zero-order valence-corrected chi connectivity index (χ0v) is 10.1. The van der Waals surface area contributed by atoms with E-state index in [1.165, 1.54) is 44.9 Å². The average molecular weight is 209 g/mol. The predicted octanol–water partition coefficient (Wildman–Crippen LogP) is 3.02. The first-order valence-electron chi connectivity index (χ1n) is 6.37. The lowest BCUT2D eigenvalue weighted by Crippen LogP contribution is -2.47. The number of nitrogens with one attached hydrogen (secondary N) is 1. The van der Waals surface area contributed by atoms with Crippen LogP contribution < -0.4 is 5.32 Å². The van der Waals surface area contributed by atoms with Crippen LogP contribution in [0.25, 0.3) is 0 Å². The van der Waals surface area contributed by atoms with E-state index in [0.717, 1.165) is 6.42 Å². The summed E-state index contributed by atoms with van der Waals surface area (Å²) >= 11 is 0. The van der Waals surface area contributed by atoms with Crippen LogP contribution in [0.1, 0.15) is 65.2 Å². The van der Waals surface area contributed by atoms with Gasteiger partial charge in [-0.2, -0.15) is 0 Å². The third-order valence-corrected chi connectivity index (χ3v) is 4.59. The molecule has 1 saturated heterocycles. The van der Waals surface area contributed by atoms with Crippen molar-refractivity contribution in [3.63, 3.8) is 0 Å². The molecule has 1 aliphatic carbocycles. The molecule has 15 heavy (non-hydrogen) atoms. The fourth-order valence-corrected chi connectivity index (χ4v) is 3.44. The van der Waals surface area contributed by atoms with Crippen molar-refractivity contribution in [3.05, 3.63) is 0 Å². The molecule has 0 atom stereocenters. The Morgan fingerprint density at radius 2 is 1.53 bits per heavy atom. The molecule has 1 aliphatic heterocycles. The van der Waals surface area contributed by atoms with Crippen molar-refractivity contribution in [2.45, 2.75) is 70.8 Å².